The van der Waals surface area contributed by atoms with E-state index < -0.39 is 0 Å². The van der Waals surface area contributed by atoms with Gasteiger partial charge in [-0.2, -0.15) is 0 Å². The van der Waals surface area contributed by atoms with Crippen molar-refractivity contribution in [1.82, 2.24) is 15.0 Å². The standard InChI is InChI=1S/C24H29N3O3S/c1-26(17-21-10-12-30-25-21)15-19-6-8-22(9-7-19)29-18-20-4-2-11-27(16-20)24(28)14-23-5-3-13-31-23/h3,5-10,12-13,20H,2,4,11,14-18H2,1H3/t20-/m1/s1. The van der Waals surface area contributed by atoms with Gasteiger partial charge in [0.1, 0.15) is 12.0 Å². The average Bonchev–Trinajstić information content (AvgIpc) is 3.48. The zero-order valence-corrected chi connectivity index (χ0v) is 18.7. The van der Waals surface area contributed by atoms with Crippen LogP contribution >= 0.6 is 11.3 Å². The van der Waals surface area contributed by atoms with Crippen molar-refractivity contribution in [3.8, 4) is 5.75 Å². The first-order chi connectivity index (χ1) is 15.2. The Kier molecular flexibility index (Phi) is 7.38. The average molecular weight is 440 g/mol. The third-order valence-electron chi connectivity index (χ3n) is 5.56. The quantitative estimate of drug-likeness (QED) is 0.499. The third-order valence-corrected chi connectivity index (χ3v) is 6.44. The molecule has 0 unspecified atom stereocenters. The first kappa shape index (κ1) is 21.6. The number of ether oxygens (including phenoxy) is 1. The summed E-state index contributed by atoms with van der Waals surface area (Å²) in [5, 5.41) is 5.98. The molecule has 7 heteroatoms. The molecule has 3 heterocycles. The number of hydrogen-bond acceptors (Lipinski definition) is 6. The van der Waals surface area contributed by atoms with Gasteiger partial charge in [-0.25, -0.2) is 0 Å². The van der Waals surface area contributed by atoms with Gasteiger partial charge in [0.05, 0.1) is 18.7 Å². The maximum absolute atomic E-state index is 12.6. The first-order valence-corrected chi connectivity index (χ1v) is 11.6. The normalized spacial score (nSPS) is 16.6. The van der Waals surface area contributed by atoms with Crippen LogP contribution in [0.5, 0.6) is 5.75 Å². The number of carbonyl (C=O) groups is 1. The Morgan fingerprint density at radius 2 is 2.13 bits per heavy atom. The number of hydrogen-bond donors (Lipinski definition) is 0. The van der Waals surface area contributed by atoms with Crippen LogP contribution in [0.3, 0.4) is 0 Å². The van der Waals surface area contributed by atoms with E-state index in [2.05, 4.69) is 29.2 Å². The zero-order chi connectivity index (χ0) is 21.5. The number of benzene rings is 1. The van der Waals surface area contributed by atoms with Gasteiger partial charge >= 0.3 is 0 Å². The van der Waals surface area contributed by atoms with Crippen molar-refractivity contribution < 1.29 is 14.1 Å². The van der Waals surface area contributed by atoms with Crippen molar-refractivity contribution in [2.75, 3.05) is 26.7 Å². The van der Waals surface area contributed by atoms with Crippen LogP contribution in [0.4, 0.5) is 0 Å². The number of aromatic nitrogens is 1. The van der Waals surface area contributed by atoms with Crippen LogP contribution < -0.4 is 4.74 Å². The summed E-state index contributed by atoms with van der Waals surface area (Å²) in [5.41, 5.74) is 2.15. The lowest BCUT2D eigenvalue weighted by Crippen LogP contribution is -2.42. The van der Waals surface area contributed by atoms with Crippen LogP contribution in [0.2, 0.25) is 0 Å². The molecule has 164 valence electrons. The minimum Gasteiger partial charge on any atom is -0.493 e. The van der Waals surface area contributed by atoms with Gasteiger partial charge in [0, 0.05) is 43.0 Å². The number of likely N-dealkylation sites (tertiary alicyclic amines) is 1. The second-order valence-corrected chi connectivity index (χ2v) is 9.25. The van der Waals surface area contributed by atoms with E-state index in [4.69, 9.17) is 9.26 Å². The SMILES string of the molecule is CN(Cc1ccc(OC[C@@H]2CCCN(C(=O)Cc3cccs3)C2)cc1)Cc1ccon1. The number of amides is 1. The minimum atomic E-state index is 0.228. The molecular weight excluding hydrogens is 410 g/mol. The smallest absolute Gasteiger partial charge is 0.227 e. The van der Waals surface area contributed by atoms with E-state index in [1.807, 2.05) is 40.6 Å². The first-order valence-electron chi connectivity index (χ1n) is 10.8. The van der Waals surface area contributed by atoms with Gasteiger partial charge in [-0.1, -0.05) is 23.4 Å². The molecule has 0 bridgehead atoms. The van der Waals surface area contributed by atoms with E-state index in [9.17, 15) is 4.79 Å². The maximum atomic E-state index is 12.6. The van der Waals surface area contributed by atoms with Crippen LogP contribution in [-0.4, -0.2) is 47.6 Å². The summed E-state index contributed by atoms with van der Waals surface area (Å²) < 4.78 is 10.9. The summed E-state index contributed by atoms with van der Waals surface area (Å²) >= 11 is 1.65. The monoisotopic (exact) mass is 439 g/mol. The van der Waals surface area contributed by atoms with E-state index in [-0.39, 0.29) is 5.91 Å². The number of piperidine rings is 1. The lowest BCUT2D eigenvalue weighted by molar-refractivity contribution is -0.132. The maximum Gasteiger partial charge on any atom is 0.227 e. The molecule has 1 aromatic carbocycles. The zero-order valence-electron chi connectivity index (χ0n) is 17.9. The van der Waals surface area contributed by atoms with E-state index in [1.54, 1.807) is 17.6 Å². The fourth-order valence-corrected chi connectivity index (χ4v) is 4.67. The molecule has 0 aliphatic carbocycles. The summed E-state index contributed by atoms with van der Waals surface area (Å²) in [4.78, 5) is 17.9. The van der Waals surface area contributed by atoms with Gasteiger partial charge in [0.25, 0.3) is 0 Å². The number of carbonyl (C=O) groups excluding carboxylic acids is 1. The highest BCUT2D eigenvalue weighted by molar-refractivity contribution is 7.10. The molecule has 6 nitrogen and oxygen atoms in total. The van der Waals surface area contributed by atoms with Crippen molar-refractivity contribution in [1.29, 1.82) is 0 Å². The van der Waals surface area contributed by atoms with Crippen molar-refractivity contribution >= 4 is 17.2 Å². The molecular formula is C24H29N3O3S. The molecule has 1 aliphatic rings. The van der Waals surface area contributed by atoms with Crippen LogP contribution in [0.15, 0.2) is 58.6 Å². The van der Waals surface area contributed by atoms with Crippen LogP contribution in [0.1, 0.15) is 29.0 Å². The summed E-state index contributed by atoms with van der Waals surface area (Å²) in [6.45, 7) is 3.87. The van der Waals surface area contributed by atoms with Crippen molar-refractivity contribution in [3.05, 3.63) is 70.2 Å². The Labute approximate surface area is 187 Å². The summed E-state index contributed by atoms with van der Waals surface area (Å²) in [6, 6.07) is 14.2. The topological polar surface area (TPSA) is 58.8 Å². The summed E-state index contributed by atoms with van der Waals surface area (Å²) in [5.74, 6) is 1.49. The van der Waals surface area contributed by atoms with Gasteiger partial charge in [-0.05, 0) is 49.0 Å². The van der Waals surface area contributed by atoms with Gasteiger partial charge in [-0.15, -0.1) is 11.3 Å². The van der Waals surface area contributed by atoms with Crippen molar-refractivity contribution in [3.63, 3.8) is 0 Å². The molecule has 1 saturated heterocycles. The Balaban J connectivity index is 1.21. The Morgan fingerprint density at radius 1 is 1.26 bits per heavy atom. The van der Waals surface area contributed by atoms with Gasteiger partial charge in [0.2, 0.25) is 5.91 Å². The van der Waals surface area contributed by atoms with Crippen molar-refractivity contribution in [2.45, 2.75) is 32.4 Å². The van der Waals surface area contributed by atoms with Gasteiger partial charge in [-0.3, -0.25) is 9.69 Å². The van der Waals surface area contributed by atoms with E-state index >= 15 is 0 Å². The van der Waals surface area contributed by atoms with Crippen LogP contribution in [0, 0.1) is 5.92 Å². The molecule has 0 N–H and O–H groups in total. The highest BCUT2D eigenvalue weighted by Crippen LogP contribution is 2.21. The number of nitrogens with zero attached hydrogens (tertiary/aromatic N) is 3. The third kappa shape index (κ3) is 6.42. The molecule has 0 saturated carbocycles. The van der Waals surface area contributed by atoms with Gasteiger partial charge in [0.15, 0.2) is 0 Å². The fraction of sp³-hybridized carbons (Fsp3) is 0.417. The molecule has 1 atom stereocenters. The Hall–Kier alpha value is -2.64. The molecule has 3 aromatic rings. The predicted octanol–water partition coefficient (Wildman–Crippen LogP) is 4.23. The largest absolute Gasteiger partial charge is 0.493 e. The fourth-order valence-electron chi connectivity index (χ4n) is 3.97. The Morgan fingerprint density at radius 3 is 2.87 bits per heavy atom. The highest BCUT2D eigenvalue weighted by atomic mass is 32.1. The lowest BCUT2D eigenvalue weighted by atomic mass is 9.98. The summed E-state index contributed by atoms with van der Waals surface area (Å²) in [6.07, 6.45) is 4.26. The molecule has 2 aromatic heterocycles. The van der Waals surface area contributed by atoms with Crippen molar-refractivity contribution in [2.24, 2.45) is 5.92 Å². The summed E-state index contributed by atoms with van der Waals surface area (Å²) in [7, 11) is 2.06. The molecule has 1 aliphatic heterocycles. The minimum absolute atomic E-state index is 0.228. The highest BCUT2D eigenvalue weighted by Gasteiger charge is 2.24. The van der Waals surface area contributed by atoms with E-state index in [1.165, 1.54) is 5.56 Å². The second kappa shape index (κ2) is 10.6. The predicted molar refractivity (Wildman–Crippen MR) is 121 cm³/mol. The lowest BCUT2D eigenvalue weighted by Gasteiger charge is -2.32. The van der Waals surface area contributed by atoms with Gasteiger partial charge < -0.3 is 14.2 Å². The molecule has 1 fully saturated rings. The molecule has 0 radical (unpaired) electrons. The Bertz CT molecular complexity index is 926. The van der Waals surface area contributed by atoms with E-state index in [0.29, 0.717) is 18.9 Å². The van der Waals surface area contributed by atoms with E-state index in [0.717, 1.165) is 55.3 Å². The molecule has 4 rings (SSSR count). The van der Waals surface area contributed by atoms with Crippen LogP contribution in [-0.2, 0) is 24.3 Å². The molecule has 1 amide bonds. The molecule has 0 spiro atoms. The number of rotatable bonds is 9. The molecule has 31 heavy (non-hydrogen) atoms. The second-order valence-electron chi connectivity index (χ2n) is 8.22. The number of thiophene rings is 1. The van der Waals surface area contributed by atoms with Crippen LogP contribution in [0.25, 0.3) is 0 Å².